The number of carboxylic acids is 1. The summed E-state index contributed by atoms with van der Waals surface area (Å²) in [6, 6.07) is 8.74. The summed E-state index contributed by atoms with van der Waals surface area (Å²) in [6.45, 7) is 3.28. The molecule has 1 N–H and O–H groups in total. The van der Waals surface area contributed by atoms with Crippen LogP contribution in [0.25, 0.3) is 6.08 Å². The van der Waals surface area contributed by atoms with E-state index in [0.717, 1.165) is 6.08 Å². The highest BCUT2D eigenvalue weighted by atomic mass is 35.5. The van der Waals surface area contributed by atoms with Crippen LogP contribution in [0.5, 0.6) is 0 Å². The van der Waals surface area contributed by atoms with Crippen molar-refractivity contribution < 1.29 is 23.1 Å². The summed E-state index contributed by atoms with van der Waals surface area (Å²) in [4.78, 5) is 11.0. The first kappa shape index (κ1) is 19.1. The molecular weight excluding hydrogens is 353 g/mol. The van der Waals surface area contributed by atoms with Crippen molar-refractivity contribution in [2.24, 2.45) is 0 Å². The SMILES string of the molecule is Cc1cc(Cl)cc(C(/C=C/c2ccc(C(=O)O)c(C)c2)C(F)(F)F)c1. The zero-order chi connectivity index (χ0) is 18.8. The van der Waals surface area contributed by atoms with Gasteiger partial charge in [0.15, 0.2) is 0 Å². The number of benzene rings is 2. The largest absolute Gasteiger partial charge is 0.478 e. The molecule has 1 unspecified atom stereocenters. The van der Waals surface area contributed by atoms with Crippen molar-refractivity contribution in [3.63, 3.8) is 0 Å². The molecule has 0 aromatic heterocycles. The van der Waals surface area contributed by atoms with E-state index in [4.69, 9.17) is 16.7 Å². The smallest absolute Gasteiger partial charge is 0.399 e. The predicted molar refractivity (Wildman–Crippen MR) is 92.2 cm³/mol. The van der Waals surface area contributed by atoms with Gasteiger partial charge in [0, 0.05) is 5.02 Å². The molecule has 2 aromatic rings. The Morgan fingerprint density at radius 3 is 2.36 bits per heavy atom. The highest BCUT2D eigenvalue weighted by Gasteiger charge is 2.39. The van der Waals surface area contributed by atoms with Gasteiger partial charge in [0.1, 0.15) is 0 Å². The first-order valence-electron chi connectivity index (χ1n) is 7.44. The van der Waals surface area contributed by atoms with Gasteiger partial charge in [-0.25, -0.2) is 4.79 Å². The average Bonchev–Trinajstić information content (AvgIpc) is 2.44. The van der Waals surface area contributed by atoms with Crippen LogP contribution >= 0.6 is 11.6 Å². The molecule has 0 fully saturated rings. The Morgan fingerprint density at radius 2 is 1.84 bits per heavy atom. The molecule has 132 valence electrons. The second kappa shape index (κ2) is 7.31. The predicted octanol–water partition coefficient (Wildman–Crippen LogP) is 6.01. The van der Waals surface area contributed by atoms with E-state index in [9.17, 15) is 18.0 Å². The first-order chi connectivity index (χ1) is 11.6. The molecule has 2 nitrogen and oxygen atoms in total. The summed E-state index contributed by atoms with van der Waals surface area (Å²) in [6.07, 6.45) is -2.07. The number of alkyl halides is 3. The first-order valence-corrected chi connectivity index (χ1v) is 7.81. The number of halogens is 4. The maximum Gasteiger partial charge on any atom is 0.399 e. The van der Waals surface area contributed by atoms with E-state index in [-0.39, 0.29) is 16.1 Å². The van der Waals surface area contributed by atoms with E-state index in [0.29, 0.717) is 16.7 Å². The van der Waals surface area contributed by atoms with Gasteiger partial charge >= 0.3 is 12.1 Å². The lowest BCUT2D eigenvalue weighted by Gasteiger charge is -2.18. The van der Waals surface area contributed by atoms with Gasteiger partial charge in [0.2, 0.25) is 0 Å². The monoisotopic (exact) mass is 368 g/mol. The maximum absolute atomic E-state index is 13.4. The van der Waals surface area contributed by atoms with E-state index in [1.54, 1.807) is 19.9 Å². The molecule has 0 heterocycles. The van der Waals surface area contributed by atoms with E-state index < -0.39 is 18.1 Å². The Hall–Kier alpha value is -2.27. The van der Waals surface area contributed by atoms with Crippen molar-refractivity contribution in [1.82, 2.24) is 0 Å². The maximum atomic E-state index is 13.4. The van der Waals surface area contributed by atoms with E-state index >= 15 is 0 Å². The molecule has 2 aromatic carbocycles. The average molecular weight is 369 g/mol. The topological polar surface area (TPSA) is 37.3 Å². The quantitative estimate of drug-likeness (QED) is 0.717. The number of hydrogen-bond acceptors (Lipinski definition) is 1. The van der Waals surface area contributed by atoms with Gasteiger partial charge in [-0.2, -0.15) is 13.2 Å². The Kier molecular flexibility index (Phi) is 5.58. The fraction of sp³-hybridized carbons (Fsp3) is 0.211. The molecule has 0 bridgehead atoms. The van der Waals surface area contributed by atoms with Crippen molar-refractivity contribution in [2.75, 3.05) is 0 Å². The van der Waals surface area contributed by atoms with Gasteiger partial charge in [0.05, 0.1) is 11.5 Å². The van der Waals surface area contributed by atoms with Gasteiger partial charge in [-0.3, -0.25) is 0 Å². The Morgan fingerprint density at radius 1 is 1.16 bits per heavy atom. The van der Waals surface area contributed by atoms with Crippen LogP contribution < -0.4 is 0 Å². The third-order valence-electron chi connectivity index (χ3n) is 3.74. The molecule has 0 aliphatic carbocycles. The number of rotatable bonds is 4. The van der Waals surface area contributed by atoms with Gasteiger partial charge in [-0.05, 0) is 54.3 Å². The number of aryl methyl sites for hydroxylation is 2. The number of carboxylic acid groups (broad SMARTS) is 1. The van der Waals surface area contributed by atoms with Crippen molar-refractivity contribution in [3.8, 4) is 0 Å². The zero-order valence-electron chi connectivity index (χ0n) is 13.6. The summed E-state index contributed by atoms with van der Waals surface area (Å²) in [5.74, 6) is -2.88. The van der Waals surface area contributed by atoms with E-state index in [1.165, 1.54) is 36.4 Å². The lowest BCUT2D eigenvalue weighted by Crippen LogP contribution is -2.19. The van der Waals surface area contributed by atoms with Gasteiger partial charge in [0.25, 0.3) is 0 Å². The highest BCUT2D eigenvalue weighted by Crippen LogP contribution is 2.37. The van der Waals surface area contributed by atoms with Crippen LogP contribution in [0.2, 0.25) is 5.02 Å². The molecule has 0 aliphatic rings. The van der Waals surface area contributed by atoms with Gasteiger partial charge in [-0.15, -0.1) is 0 Å². The molecule has 0 spiro atoms. The molecule has 25 heavy (non-hydrogen) atoms. The Labute approximate surface area is 148 Å². The minimum absolute atomic E-state index is 0.0626. The zero-order valence-corrected chi connectivity index (χ0v) is 14.3. The third-order valence-corrected chi connectivity index (χ3v) is 3.96. The second-order valence-corrected chi connectivity index (χ2v) is 6.26. The molecule has 1 atom stereocenters. The number of carbonyl (C=O) groups is 1. The molecule has 0 saturated heterocycles. The Bertz CT molecular complexity index is 806. The Balaban J connectivity index is 2.39. The van der Waals surface area contributed by atoms with Crippen molar-refractivity contribution in [2.45, 2.75) is 25.9 Å². The number of allylic oxidation sites excluding steroid dienone is 1. The lowest BCUT2D eigenvalue weighted by atomic mass is 9.95. The van der Waals surface area contributed by atoms with Crippen LogP contribution in [0.15, 0.2) is 42.5 Å². The highest BCUT2D eigenvalue weighted by molar-refractivity contribution is 6.30. The normalized spacial score (nSPS) is 13.2. The van der Waals surface area contributed by atoms with E-state index in [1.807, 2.05) is 0 Å². The molecular formula is C19H16ClF3O2. The second-order valence-electron chi connectivity index (χ2n) is 5.82. The lowest BCUT2D eigenvalue weighted by molar-refractivity contribution is -0.139. The summed E-state index contributed by atoms with van der Waals surface area (Å²) in [7, 11) is 0. The van der Waals surface area contributed by atoms with Crippen LogP contribution in [0, 0.1) is 13.8 Å². The fourth-order valence-electron chi connectivity index (χ4n) is 2.59. The summed E-state index contributed by atoms with van der Waals surface area (Å²) < 4.78 is 40.3. The molecule has 2 rings (SSSR count). The minimum atomic E-state index is -4.47. The fourth-order valence-corrected chi connectivity index (χ4v) is 2.89. The number of hydrogen-bond donors (Lipinski definition) is 1. The van der Waals surface area contributed by atoms with Crippen LogP contribution in [0.4, 0.5) is 13.2 Å². The summed E-state index contributed by atoms with van der Waals surface area (Å²) >= 11 is 5.88. The van der Waals surface area contributed by atoms with Crippen LogP contribution in [0.3, 0.4) is 0 Å². The summed E-state index contributed by atoms with van der Waals surface area (Å²) in [5.41, 5.74) is 1.81. The molecule has 0 amide bonds. The van der Waals surface area contributed by atoms with Crippen molar-refractivity contribution in [3.05, 3.63) is 75.3 Å². The minimum Gasteiger partial charge on any atom is -0.478 e. The molecule has 0 aliphatic heterocycles. The standard InChI is InChI=1S/C19H16ClF3O2/c1-11-7-14(10-15(20)8-11)17(19(21,22)23)6-4-13-3-5-16(18(24)25)12(2)9-13/h3-10,17H,1-2H3,(H,24,25)/b6-4+. The van der Waals surface area contributed by atoms with Crippen LogP contribution in [0.1, 0.15) is 38.5 Å². The van der Waals surface area contributed by atoms with Crippen molar-refractivity contribution >= 4 is 23.6 Å². The number of aromatic carboxylic acids is 1. The van der Waals surface area contributed by atoms with Gasteiger partial charge in [-0.1, -0.05) is 42.0 Å². The molecule has 6 heteroatoms. The van der Waals surface area contributed by atoms with Gasteiger partial charge < -0.3 is 5.11 Å². The van der Waals surface area contributed by atoms with Crippen LogP contribution in [-0.2, 0) is 0 Å². The third kappa shape index (κ3) is 4.86. The van der Waals surface area contributed by atoms with Crippen molar-refractivity contribution in [1.29, 1.82) is 0 Å². The van der Waals surface area contributed by atoms with Crippen LogP contribution in [-0.4, -0.2) is 17.3 Å². The molecule has 0 saturated carbocycles. The molecule has 0 radical (unpaired) electrons. The summed E-state index contributed by atoms with van der Waals surface area (Å²) in [5, 5.41) is 9.25. The van der Waals surface area contributed by atoms with E-state index in [2.05, 4.69) is 0 Å².